The van der Waals surface area contributed by atoms with Crippen LogP contribution >= 0.6 is 11.6 Å². The number of ether oxygens (including phenoxy) is 1. The molecule has 8 heteroatoms. The molecule has 0 unspecified atom stereocenters. The zero-order valence-electron chi connectivity index (χ0n) is 15.7. The predicted molar refractivity (Wildman–Crippen MR) is 107 cm³/mol. The first kappa shape index (κ1) is 20.5. The lowest BCUT2D eigenvalue weighted by Crippen LogP contribution is -2.31. The molecule has 3 rings (SSSR count). The fraction of sp³-hybridized carbons (Fsp3) is 0.238. The Morgan fingerprint density at radius 2 is 1.72 bits per heavy atom. The molecule has 150 valence electrons. The van der Waals surface area contributed by atoms with Gasteiger partial charge in [-0.2, -0.15) is 0 Å². The summed E-state index contributed by atoms with van der Waals surface area (Å²) >= 11 is 5.77. The minimum absolute atomic E-state index is 0.0132. The Balaban J connectivity index is 1.41. The molecular formula is C21H19ClN2O5. The number of anilines is 1. The Hall–Kier alpha value is -3.19. The minimum atomic E-state index is -0.580. The molecule has 3 amide bonds. The highest BCUT2D eigenvalue weighted by Gasteiger charge is 2.35. The molecule has 0 aliphatic carbocycles. The Bertz CT molecular complexity index is 972. The lowest BCUT2D eigenvalue weighted by molar-refractivity contribution is -0.147. The van der Waals surface area contributed by atoms with Gasteiger partial charge < -0.3 is 10.1 Å². The molecule has 0 bridgehead atoms. The van der Waals surface area contributed by atoms with Gasteiger partial charge in [-0.1, -0.05) is 23.2 Å². The van der Waals surface area contributed by atoms with Crippen molar-refractivity contribution < 1.29 is 23.9 Å². The molecule has 0 saturated carbocycles. The number of fused-ring (bicyclic) bond motifs is 1. The summed E-state index contributed by atoms with van der Waals surface area (Å²) in [7, 11) is 0. The van der Waals surface area contributed by atoms with E-state index in [9.17, 15) is 19.2 Å². The number of benzene rings is 2. The highest BCUT2D eigenvalue weighted by Crippen LogP contribution is 2.24. The van der Waals surface area contributed by atoms with Crippen LogP contribution < -0.4 is 5.32 Å². The maximum absolute atomic E-state index is 12.4. The van der Waals surface area contributed by atoms with Crippen LogP contribution in [0.2, 0.25) is 5.02 Å². The third-order valence-electron chi connectivity index (χ3n) is 4.38. The largest absolute Gasteiger partial charge is 0.456 e. The van der Waals surface area contributed by atoms with Crippen molar-refractivity contribution in [3.05, 3.63) is 64.2 Å². The SMILES string of the molecule is Cc1ccc2c(c1)C(=O)N(CCCC(=O)OCC(=O)Nc1ccc(Cl)cc1)C2=O. The number of imide groups is 1. The second-order valence-electron chi connectivity index (χ2n) is 6.63. The number of carbonyl (C=O) groups excluding carboxylic acids is 4. The molecule has 1 heterocycles. The second-order valence-corrected chi connectivity index (χ2v) is 7.07. The standard InChI is InChI=1S/C21H19ClN2O5/c1-13-4-9-16-17(11-13)21(28)24(20(16)27)10-2-3-19(26)29-12-18(25)23-15-7-5-14(22)6-8-15/h4-9,11H,2-3,10,12H2,1H3,(H,23,25). The first-order valence-electron chi connectivity index (χ1n) is 9.03. The van der Waals surface area contributed by atoms with Crippen molar-refractivity contribution in [2.75, 3.05) is 18.5 Å². The molecule has 0 atom stereocenters. The first-order valence-corrected chi connectivity index (χ1v) is 9.41. The van der Waals surface area contributed by atoms with Gasteiger partial charge in [-0.3, -0.25) is 24.1 Å². The summed E-state index contributed by atoms with van der Waals surface area (Å²) < 4.78 is 4.93. The molecule has 1 aliphatic heterocycles. The molecule has 2 aromatic carbocycles. The molecule has 29 heavy (non-hydrogen) atoms. The molecule has 2 aromatic rings. The zero-order chi connectivity index (χ0) is 21.0. The Kier molecular flexibility index (Phi) is 6.29. The highest BCUT2D eigenvalue weighted by atomic mass is 35.5. The average Bonchev–Trinajstić information content (AvgIpc) is 2.92. The predicted octanol–water partition coefficient (Wildman–Crippen LogP) is 3.21. The van der Waals surface area contributed by atoms with Crippen LogP contribution in [0.1, 0.15) is 39.1 Å². The van der Waals surface area contributed by atoms with Gasteiger partial charge in [-0.25, -0.2) is 0 Å². The number of esters is 1. The number of amides is 3. The summed E-state index contributed by atoms with van der Waals surface area (Å²) in [5.41, 5.74) is 2.20. The molecule has 0 spiro atoms. The van der Waals surface area contributed by atoms with E-state index in [2.05, 4.69) is 5.32 Å². The van der Waals surface area contributed by atoms with Crippen LogP contribution in [0, 0.1) is 6.92 Å². The second kappa shape index (κ2) is 8.87. The molecule has 0 aromatic heterocycles. The smallest absolute Gasteiger partial charge is 0.306 e. The summed E-state index contributed by atoms with van der Waals surface area (Å²) in [5, 5.41) is 3.12. The van der Waals surface area contributed by atoms with Crippen molar-refractivity contribution >= 4 is 41.0 Å². The van der Waals surface area contributed by atoms with Gasteiger partial charge >= 0.3 is 5.97 Å². The van der Waals surface area contributed by atoms with Crippen LogP contribution in [0.5, 0.6) is 0 Å². The van der Waals surface area contributed by atoms with Crippen molar-refractivity contribution in [3.63, 3.8) is 0 Å². The van der Waals surface area contributed by atoms with Crippen LogP contribution in [0.3, 0.4) is 0 Å². The summed E-state index contributed by atoms with van der Waals surface area (Å²) in [4.78, 5) is 49.5. The lowest BCUT2D eigenvalue weighted by atomic mass is 10.1. The molecule has 7 nitrogen and oxygen atoms in total. The van der Waals surface area contributed by atoms with Crippen molar-refractivity contribution in [3.8, 4) is 0 Å². The third-order valence-corrected chi connectivity index (χ3v) is 4.63. The summed E-state index contributed by atoms with van der Waals surface area (Å²) in [6.07, 6.45) is 0.239. The van der Waals surface area contributed by atoms with E-state index in [1.165, 1.54) is 0 Å². The number of nitrogens with zero attached hydrogens (tertiary/aromatic N) is 1. The Morgan fingerprint density at radius 1 is 1.03 bits per heavy atom. The van der Waals surface area contributed by atoms with Crippen molar-refractivity contribution in [1.29, 1.82) is 0 Å². The number of hydrogen-bond donors (Lipinski definition) is 1. The van der Waals surface area contributed by atoms with E-state index in [-0.39, 0.29) is 31.2 Å². The van der Waals surface area contributed by atoms with E-state index in [4.69, 9.17) is 16.3 Å². The molecule has 1 N–H and O–H groups in total. The number of nitrogens with one attached hydrogen (secondary N) is 1. The minimum Gasteiger partial charge on any atom is -0.456 e. The number of halogens is 1. The zero-order valence-corrected chi connectivity index (χ0v) is 16.5. The van der Waals surface area contributed by atoms with Crippen LogP contribution in [0.4, 0.5) is 5.69 Å². The summed E-state index contributed by atoms with van der Waals surface area (Å²) in [6.45, 7) is 1.53. The Labute approximate surface area is 172 Å². The van der Waals surface area contributed by atoms with E-state index in [0.717, 1.165) is 10.5 Å². The van der Waals surface area contributed by atoms with Crippen LogP contribution in [0.15, 0.2) is 42.5 Å². The van der Waals surface area contributed by atoms with Gasteiger partial charge in [-0.15, -0.1) is 0 Å². The van der Waals surface area contributed by atoms with Gasteiger partial charge in [0.05, 0.1) is 11.1 Å². The van der Waals surface area contributed by atoms with Crippen molar-refractivity contribution in [2.24, 2.45) is 0 Å². The quantitative estimate of drug-likeness (QED) is 0.554. The number of hydrogen-bond acceptors (Lipinski definition) is 5. The molecule has 0 radical (unpaired) electrons. The van der Waals surface area contributed by atoms with Gasteiger partial charge in [0.2, 0.25) is 0 Å². The van der Waals surface area contributed by atoms with Gasteiger partial charge in [-0.05, 0) is 49.7 Å². The van der Waals surface area contributed by atoms with Gasteiger partial charge in [0.15, 0.2) is 6.61 Å². The molecule has 0 saturated heterocycles. The van der Waals surface area contributed by atoms with Crippen LogP contribution in [-0.4, -0.2) is 41.7 Å². The number of aryl methyl sites for hydroxylation is 1. The topological polar surface area (TPSA) is 92.8 Å². The highest BCUT2D eigenvalue weighted by molar-refractivity contribution is 6.30. The monoisotopic (exact) mass is 414 g/mol. The van der Waals surface area contributed by atoms with Crippen LogP contribution in [0.25, 0.3) is 0 Å². The van der Waals surface area contributed by atoms with Gasteiger partial charge in [0, 0.05) is 23.7 Å². The lowest BCUT2D eigenvalue weighted by Gasteiger charge is -2.13. The fourth-order valence-corrected chi connectivity index (χ4v) is 3.06. The van der Waals surface area contributed by atoms with Crippen LogP contribution in [-0.2, 0) is 14.3 Å². The summed E-state index contributed by atoms with van der Waals surface area (Å²) in [5.74, 6) is -1.77. The maximum atomic E-state index is 12.4. The summed E-state index contributed by atoms with van der Waals surface area (Å²) in [6, 6.07) is 11.6. The number of rotatable bonds is 7. The third kappa shape index (κ3) is 5.00. The van der Waals surface area contributed by atoms with Crippen molar-refractivity contribution in [1.82, 2.24) is 4.90 Å². The van der Waals surface area contributed by atoms with Gasteiger partial charge in [0.1, 0.15) is 0 Å². The first-order chi connectivity index (χ1) is 13.8. The molecule has 1 aliphatic rings. The molecule has 0 fully saturated rings. The average molecular weight is 415 g/mol. The normalized spacial score (nSPS) is 12.7. The molecular weight excluding hydrogens is 396 g/mol. The fourth-order valence-electron chi connectivity index (χ4n) is 2.94. The number of carbonyl (C=O) groups is 4. The van der Waals surface area contributed by atoms with Gasteiger partial charge in [0.25, 0.3) is 17.7 Å². The van der Waals surface area contributed by atoms with E-state index < -0.39 is 18.5 Å². The van der Waals surface area contributed by atoms with Crippen molar-refractivity contribution in [2.45, 2.75) is 19.8 Å². The van der Waals surface area contributed by atoms with E-state index in [0.29, 0.717) is 21.8 Å². The Morgan fingerprint density at radius 3 is 2.45 bits per heavy atom. The maximum Gasteiger partial charge on any atom is 0.306 e. The van der Waals surface area contributed by atoms with E-state index in [1.54, 1.807) is 42.5 Å². The van der Waals surface area contributed by atoms with E-state index in [1.807, 2.05) is 6.92 Å². The van der Waals surface area contributed by atoms with E-state index >= 15 is 0 Å².